The zero-order chi connectivity index (χ0) is 22.1. The first-order valence-electron chi connectivity index (χ1n) is 10.6. The Kier molecular flexibility index (Phi) is 5.26. The Hall–Kier alpha value is -3.82. The number of nitrogens with zero attached hydrogens (tertiary/aromatic N) is 4. The second kappa shape index (κ2) is 8.37. The van der Waals surface area contributed by atoms with E-state index in [2.05, 4.69) is 16.0 Å². The maximum absolute atomic E-state index is 13.6. The predicted octanol–water partition coefficient (Wildman–Crippen LogP) is 4.01. The van der Waals surface area contributed by atoms with Crippen LogP contribution in [-0.4, -0.2) is 21.0 Å². The zero-order valence-corrected chi connectivity index (χ0v) is 17.5. The summed E-state index contributed by atoms with van der Waals surface area (Å²) in [6.07, 6.45) is 2.47. The molecule has 0 amide bonds. The highest BCUT2D eigenvalue weighted by Gasteiger charge is 2.24. The van der Waals surface area contributed by atoms with E-state index >= 15 is 0 Å². The van der Waals surface area contributed by atoms with Crippen LogP contribution in [0.15, 0.2) is 71.7 Å². The Morgan fingerprint density at radius 1 is 1.00 bits per heavy atom. The average Bonchev–Trinajstić information content (AvgIpc) is 2.83. The van der Waals surface area contributed by atoms with Crippen LogP contribution in [-0.2, 0) is 26.1 Å². The van der Waals surface area contributed by atoms with Crippen LogP contribution in [0.5, 0.6) is 0 Å². The molecule has 1 aliphatic rings. The average molecular weight is 424 g/mol. The number of halogens is 1. The molecule has 0 unspecified atom stereocenters. The van der Waals surface area contributed by atoms with Gasteiger partial charge in [0.15, 0.2) is 0 Å². The largest absolute Gasteiger partial charge is 0.294 e. The first-order chi connectivity index (χ1) is 15.6. The van der Waals surface area contributed by atoms with Crippen molar-refractivity contribution in [2.45, 2.75) is 26.1 Å². The van der Waals surface area contributed by atoms with Gasteiger partial charge >= 0.3 is 0 Å². The molecule has 0 radical (unpaired) electrons. The highest BCUT2D eigenvalue weighted by molar-refractivity contribution is 5.80. The molecule has 0 saturated carbocycles. The number of nitriles is 1. The summed E-state index contributed by atoms with van der Waals surface area (Å²) in [7, 11) is 0. The normalized spacial score (nSPS) is 13.6. The number of fused-ring (bicyclic) bond motifs is 3. The van der Waals surface area contributed by atoms with E-state index in [-0.39, 0.29) is 11.4 Å². The molecule has 4 aromatic rings. The molecule has 0 saturated heterocycles. The molecule has 2 aromatic carbocycles. The fraction of sp³-hybridized carbons (Fsp3) is 0.192. The Balaban J connectivity index is 1.53. The van der Waals surface area contributed by atoms with Crippen LogP contribution in [0.4, 0.5) is 4.39 Å². The van der Waals surface area contributed by atoms with Gasteiger partial charge in [-0.25, -0.2) is 9.37 Å². The molecule has 0 spiro atoms. The third kappa shape index (κ3) is 3.79. The van der Waals surface area contributed by atoms with Crippen LogP contribution in [0, 0.1) is 17.1 Å². The molecule has 158 valence electrons. The van der Waals surface area contributed by atoms with Crippen LogP contribution < -0.4 is 5.56 Å². The molecule has 0 N–H and O–H groups in total. The predicted molar refractivity (Wildman–Crippen MR) is 120 cm³/mol. The maximum atomic E-state index is 13.6. The molecular formula is C26H21FN4O. The highest BCUT2D eigenvalue weighted by Crippen LogP contribution is 2.25. The lowest BCUT2D eigenvalue weighted by Crippen LogP contribution is -2.37. The number of rotatable bonds is 4. The summed E-state index contributed by atoms with van der Waals surface area (Å²) in [5, 5.41) is 10.2. The number of hydrogen-bond donors (Lipinski definition) is 0. The molecule has 5 nitrogen and oxygen atoms in total. The van der Waals surface area contributed by atoms with Gasteiger partial charge < -0.3 is 0 Å². The highest BCUT2D eigenvalue weighted by atomic mass is 19.1. The van der Waals surface area contributed by atoms with E-state index in [4.69, 9.17) is 5.26 Å². The van der Waals surface area contributed by atoms with Gasteiger partial charge in [-0.3, -0.25) is 14.3 Å². The van der Waals surface area contributed by atoms with Gasteiger partial charge in [0.1, 0.15) is 11.5 Å². The van der Waals surface area contributed by atoms with Gasteiger partial charge in [0.05, 0.1) is 18.2 Å². The Morgan fingerprint density at radius 3 is 2.66 bits per heavy atom. The van der Waals surface area contributed by atoms with E-state index in [0.29, 0.717) is 30.8 Å². The minimum absolute atomic E-state index is 0.0500. The minimum Gasteiger partial charge on any atom is -0.294 e. The smallest absolute Gasteiger partial charge is 0.257 e. The third-order valence-electron chi connectivity index (χ3n) is 6.01. The summed E-state index contributed by atoms with van der Waals surface area (Å²) >= 11 is 0. The standard InChI is InChI=1S/C26H21FN4O/c27-21-8-6-18(7-9-21)16-31-25-23(5-2-11-29-25)22-10-12-30(17-24(22)26(31)32)15-20-4-1-3-19(13-20)14-28/h1-9,11,13H,10,12,15-17H2. The molecule has 6 heteroatoms. The van der Waals surface area contributed by atoms with Crippen LogP contribution in [0.25, 0.3) is 11.0 Å². The summed E-state index contributed by atoms with van der Waals surface area (Å²) in [6.45, 7) is 2.38. The molecule has 0 aliphatic carbocycles. The maximum Gasteiger partial charge on any atom is 0.257 e. The van der Waals surface area contributed by atoms with E-state index in [1.807, 2.05) is 30.3 Å². The fourth-order valence-corrected chi connectivity index (χ4v) is 4.47. The Labute approximate surface area is 185 Å². The van der Waals surface area contributed by atoms with Gasteiger partial charge in [0, 0.05) is 36.8 Å². The van der Waals surface area contributed by atoms with Crippen molar-refractivity contribution >= 4 is 11.0 Å². The number of aromatic nitrogens is 2. The lowest BCUT2D eigenvalue weighted by Gasteiger charge is -2.30. The molecule has 0 fully saturated rings. The zero-order valence-electron chi connectivity index (χ0n) is 17.5. The Bertz CT molecular complexity index is 1400. The number of pyridine rings is 2. The monoisotopic (exact) mass is 424 g/mol. The minimum atomic E-state index is -0.300. The topological polar surface area (TPSA) is 61.9 Å². The van der Waals surface area contributed by atoms with E-state index in [0.717, 1.165) is 40.6 Å². The van der Waals surface area contributed by atoms with Crippen molar-refractivity contribution in [2.75, 3.05) is 6.54 Å². The van der Waals surface area contributed by atoms with E-state index in [9.17, 15) is 9.18 Å². The molecule has 0 atom stereocenters. The first-order valence-corrected chi connectivity index (χ1v) is 10.6. The summed E-state index contributed by atoms with van der Waals surface area (Å²) in [4.78, 5) is 20.3. The van der Waals surface area contributed by atoms with Crippen LogP contribution in [0.3, 0.4) is 0 Å². The summed E-state index contributed by atoms with van der Waals surface area (Å²) in [6, 6.07) is 19.9. The van der Waals surface area contributed by atoms with E-state index in [1.165, 1.54) is 12.1 Å². The molecule has 1 aliphatic heterocycles. The SMILES string of the molecule is N#Cc1cccc(CN2CCc3c(c(=O)n(Cc4ccc(F)cc4)c4ncccc34)C2)c1. The third-order valence-corrected chi connectivity index (χ3v) is 6.01. The molecular weight excluding hydrogens is 403 g/mol. The van der Waals surface area contributed by atoms with Gasteiger partial charge in [-0.05, 0) is 59.5 Å². The number of hydrogen-bond acceptors (Lipinski definition) is 4. The first kappa shape index (κ1) is 20.1. The molecule has 2 aromatic heterocycles. The van der Waals surface area contributed by atoms with Gasteiger partial charge in [0.25, 0.3) is 5.56 Å². The van der Waals surface area contributed by atoms with Crippen LogP contribution in [0.2, 0.25) is 0 Å². The lowest BCUT2D eigenvalue weighted by molar-refractivity contribution is 0.244. The van der Waals surface area contributed by atoms with Gasteiger partial charge in [-0.2, -0.15) is 5.26 Å². The van der Waals surface area contributed by atoms with Gasteiger partial charge in [-0.15, -0.1) is 0 Å². The second-order valence-electron chi connectivity index (χ2n) is 8.12. The van der Waals surface area contributed by atoms with E-state index < -0.39 is 0 Å². The number of benzene rings is 2. The van der Waals surface area contributed by atoms with Crippen molar-refractivity contribution in [3.05, 3.63) is 111 Å². The van der Waals surface area contributed by atoms with Crippen molar-refractivity contribution < 1.29 is 4.39 Å². The molecule has 5 rings (SSSR count). The van der Waals surface area contributed by atoms with Crippen molar-refractivity contribution in [3.8, 4) is 6.07 Å². The fourth-order valence-electron chi connectivity index (χ4n) is 4.47. The second-order valence-corrected chi connectivity index (χ2v) is 8.12. The van der Waals surface area contributed by atoms with Crippen molar-refractivity contribution in [1.29, 1.82) is 5.26 Å². The van der Waals surface area contributed by atoms with E-state index in [1.54, 1.807) is 29.0 Å². The van der Waals surface area contributed by atoms with Crippen molar-refractivity contribution in [3.63, 3.8) is 0 Å². The molecule has 3 heterocycles. The summed E-state index contributed by atoms with van der Waals surface area (Å²) in [5.74, 6) is -0.300. The molecule has 0 bridgehead atoms. The van der Waals surface area contributed by atoms with Crippen molar-refractivity contribution in [2.24, 2.45) is 0 Å². The Morgan fingerprint density at radius 2 is 1.84 bits per heavy atom. The van der Waals surface area contributed by atoms with Crippen LogP contribution >= 0.6 is 0 Å². The van der Waals surface area contributed by atoms with Gasteiger partial charge in [-0.1, -0.05) is 24.3 Å². The summed E-state index contributed by atoms with van der Waals surface area (Å²) in [5.41, 5.74) is 5.01. The quantitative estimate of drug-likeness (QED) is 0.497. The van der Waals surface area contributed by atoms with Gasteiger partial charge in [0.2, 0.25) is 0 Å². The van der Waals surface area contributed by atoms with Crippen molar-refractivity contribution in [1.82, 2.24) is 14.5 Å². The molecule has 32 heavy (non-hydrogen) atoms. The summed E-state index contributed by atoms with van der Waals surface area (Å²) < 4.78 is 15.0. The van der Waals surface area contributed by atoms with Crippen LogP contribution in [0.1, 0.15) is 27.8 Å². The lowest BCUT2D eigenvalue weighted by atomic mass is 9.97.